The number of nitrogens with one attached hydrogen (secondary N) is 1. The van der Waals surface area contributed by atoms with Gasteiger partial charge in [0.05, 0.1) is 0 Å². The summed E-state index contributed by atoms with van der Waals surface area (Å²) in [4.78, 5) is 4.37. The molecule has 0 aliphatic rings. The lowest BCUT2D eigenvalue weighted by molar-refractivity contribution is 0.506. The van der Waals surface area contributed by atoms with Gasteiger partial charge in [-0.1, -0.05) is 13.0 Å². The van der Waals surface area contributed by atoms with Crippen LogP contribution in [0.5, 0.6) is 0 Å². The van der Waals surface area contributed by atoms with Crippen molar-refractivity contribution in [3.63, 3.8) is 0 Å². The molecule has 1 N–H and O–H groups in total. The van der Waals surface area contributed by atoms with E-state index in [0.717, 1.165) is 36.3 Å². The molecule has 0 radical (unpaired) electrons. The minimum atomic E-state index is -0.186. The summed E-state index contributed by atoms with van der Waals surface area (Å²) in [7, 11) is 1.98. The van der Waals surface area contributed by atoms with Crippen LogP contribution in [0.2, 0.25) is 0 Å². The Hall–Kier alpha value is -1.68. The van der Waals surface area contributed by atoms with Crippen molar-refractivity contribution in [2.45, 2.75) is 32.7 Å². The van der Waals surface area contributed by atoms with E-state index in [-0.39, 0.29) is 11.9 Å². The molecule has 1 atom stereocenters. The lowest BCUT2D eigenvalue weighted by Crippen LogP contribution is -2.26. The fourth-order valence-electron chi connectivity index (χ4n) is 2.37. The van der Waals surface area contributed by atoms with Crippen molar-refractivity contribution in [3.8, 4) is 0 Å². The molecule has 0 saturated heterocycles. The van der Waals surface area contributed by atoms with Gasteiger partial charge in [0.15, 0.2) is 0 Å². The summed E-state index contributed by atoms with van der Waals surface area (Å²) >= 11 is 0. The average Bonchev–Trinajstić information content (AvgIpc) is 2.83. The smallest absolute Gasteiger partial charge is 0.123 e. The fourth-order valence-corrected chi connectivity index (χ4v) is 2.37. The molecule has 0 amide bonds. The van der Waals surface area contributed by atoms with Crippen LogP contribution in [0.1, 0.15) is 36.3 Å². The lowest BCUT2D eigenvalue weighted by atomic mass is 9.98. The van der Waals surface area contributed by atoms with Crippen molar-refractivity contribution in [2.75, 3.05) is 6.54 Å². The Bertz CT molecular complexity index is 563. The predicted molar refractivity (Wildman–Crippen MR) is 79.1 cm³/mol. The molecule has 0 aliphatic heterocycles. The molecule has 4 heteroatoms. The number of hydrogen-bond donors (Lipinski definition) is 1. The molecular formula is C16H22FN3. The molecule has 1 heterocycles. The molecule has 2 rings (SSSR count). The third-order valence-electron chi connectivity index (χ3n) is 3.57. The first-order chi connectivity index (χ1) is 9.61. The van der Waals surface area contributed by atoms with E-state index in [9.17, 15) is 4.39 Å². The average molecular weight is 275 g/mol. The second-order valence-corrected chi connectivity index (χ2v) is 5.17. The second-order valence-electron chi connectivity index (χ2n) is 5.17. The van der Waals surface area contributed by atoms with E-state index in [1.165, 1.54) is 6.07 Å². The molecule has 2 aromatic rings. The Morgan fingerprint density at radius 3 is 2.85 bits per heavy atom. The predicted octanol–water partition coefficient (Wildman–Crippen LogP) is 3.15. The molecule has 108 valence electrons. The first-order valence-corrected chi connectivity index (χ1v) is 7.07. The maximum atomic E-state index is 13.5. The van der Waals surface area contributed by atoms with Gasteiger partial charge in [-0.25, -0.2) is 9.37 Å². The number of aromatic nitrogens is 2. The van der Waals surface area contributed by atoms with Gasteiger partial charge in [-0.2, -0.15) is 0 Å². The Labute approximate surface area is 119 Å². The van der Waals surface area contributed by atoms with E-state index in [0.29, 0.717) is 0 Å². The third-order valence-corrected chi connectivity index (χ3v) is 3.57. The summed E-state index contributed by atoms with van der Waals surface area (Å²) in [5, 5.41) is 3.50. The van der Waals surface area contributed by atoms with Gasteiger partial charge in [0, 0.05) is 31.9 Å². The van der Waals surface area contributed by atoms with Gasteiger partial charge in [0.25, 0.3) is 0 Å². The fraction of sp³-hybridized carbons (Fsp3) is 0.438. The SMILES string of the molecule is CCCNC(Cc1nccn1C)c1cc(F)ccc1C. The summed E-state index contributed by atoms with van der Waals surface area (Å²) in [6.07, 6.45) is 5.54. The van der Waals surface area contributed by atoms with Crippen molar-refractivity contribution in [1.29, 1.82) is 0 Å². The van der Waals surface area contributed by atoms with Crippen LogP contribution in [0, 0.1) is 12.7 Å². The highest BCUT2D eigenvalue weighted by Crippen LogP contribution is 2.22. The summed E-state index contributed by atoms with van der Waals surface area (Å²) in [5.41, 5.74) is 2.12. The Kier molecular flexibility index (Phi) is 4.90. The molecule has 0 spiro atoms. The maximum Gasteiger partial charge on any atom is 0.123 e. The van der Waals surface area contributed by atoms with Crippen LogP contribution in [0.3, 0.4) is 0 Å². The summed E-state index contributed by atoms with van der Waals surface area (Å²) in [5.74, 6) is 0.816. The number of nitrogens with zero attached hydrogens (tertiary/aromatic N) is 2. The normalized spacial score (nSPS) is 12.6. The second kappa shape index (κ2) is 6.66. The van der Waals surface area contributed by atoms with Gasteiger partial charge in [-0.05, 0) is 43.1 Å². The van der Waals surface area contributed by atoms with E-state index in [2.05, 4.69) is 17.2 Å². The van der Waals surface area contributed by atoms with Crippen LogP contribution in [0.15, 0.2) is 30.6 Å². The molecule has 0 saturated carbocycles. The van der Waals surface area contributed by atoms with Crippen LogP contribution >= 0.6 is 0 Å². The highest BCUT2D eigenvalue weighted by atomic mass is 19.1. The standard InChI is InChI=1S/C16H22FN3/c1-4-7-18-15(11-16-19-8-9-20(16)3)14-10-13(17)6-5-12(14)2/h5-6,8-10,15,18H,4,7,11H2,1-3H3. The minimum Gasteiger partial charge on any atom is -0.338 e. The van der Waals surface area contributed by atoms with Crippen molar-refractivity contribution in [3.05, 3.63) is 53.4 Å². The van der Waals surface area contributed by atoms with Gasteiger partial charge >= 0.3 is 0 Å². The van der Waals surface area contributed by atoms with Gasteiger partial charge in [0.2, 0.25) is 0 Å². The molecule has 0 bridgehead atoms. The first-order valence-electron chi connectivity index (χ1n) is 7.07. The van der Waals surface area contributed by atoms with Gasteiger partial charge < -0.3 is 9.88 Å². The highest BCUT2D eigenvalue weighted by Gasteiger charge is 2.16. The van der Waals surface area contributed by atoms with Gasteiger partial charge in [-0.15, -0.1) is 0 Å². The molecule has 0 aliphatic carbocycles. The summed E-state index contributed by atoms with van der Waals surface area (Å²) in [6, 6.07) is 5.07. The van der Waals surface area contributed by atoms with Crippen molar-refractivity contribution in [1.82, 2.24) is 14.9 Å². The van der Waals surface area contributed by atoms with Crippen molar-refractivity contribution < 1.29 is 4.39 Å². The Morgan fingerprint density at radius 1 is 1.40 bits per heavy atom. The Balaban J connectivity index is 2.27. The number of aryl methyl sites for hydroxylation is 2. The number of imidazole rings is 1. The number of hydrogen-bond acceptors (Lipinski definition) is 2. The van der Waals surface area contributed by atoms with Gasteiger partial charge in [0.1, 0.15) is 11.6 Å². The first kappa shape index (κ1) is 14.7. The van der Waals surface area contributed by atoms with Crippen molar-refractivity contribution >= 4 is 0 Å². The largest absolute Gasteiger partial charge is 0.338 e. The summed E-state index contributed by atoms with van der Waals surface area (Å²) in [6.45, 7) is 5.06. The van der Waals surface area contributed by atoms with E-state index in [1.54, 1.807) is 12.3 Å². The maximum absolute atomic E-state index is 13.5. The number of benzene rings is 1. The number of rotatable bonds is 6. The Morgan fingerprint density at radius 2 is 2.20 bits per heavy atom. The van der Waals surface area contributed by atoms with Crippen LogP contribution in [-0.4, -0.2) is 16.1 Å². The van der Waals surface area contributed by atoms with E-state index >= 15 is 0 Å². The van der Waals surface area contributed by atoms with E-state index in [4.69, 9.17) is 0 Å². The van der Waals surface area contributed by atoms with E-state index in [1.807, 2.05) is 30.8 Å². The van der Waals surface area contributed by atoms with E-state index < -0.39 is 0 Å². The number of halogens is 1. The minimum absolute atomic E-state index is 0.0896. The van der Waals surface area contributed by atoms with Gasteiger partial charge in [-0.3, -0.25) is 0 Å². The zero-order valence-electron chi connectivity index (χ0n) is 12.4. The third kappa shape index (κ3) is 3.45. The zero-order valence-corrected chi connectivity index (χ0v) is 12.4. The van der Waals surface area contributed by atoms with Crippen molar-refractivity contribution in [2.24, 2.45) is 7.05 Å². The zero-order chi connectivity index (χ0) is 14.5. The molecule has 0 fully saturated rings. The van der Waals surface area contributed by atoms with Crippen LogP contribution in [0.4, 0.5) is 4.39 Å². The molecule has 1 unspecified atom stereocenters. The topological polar surface area (TPSA) is 29.9 Å². The molecule has 3 nitrogen and oxygen atoms in total. The highest BCUT2D eigenvalue weighted by molar-refractivity contribution is 5.30. The van der Waals surface area contributed by atoms with Crippen LogP contribution < -0.4 is 5.32 Å². The van der Waals surface area contributed by atoms with Crippen LogP contribution in [-0.2, 0) is 13.5 Å². The summed E-state index contributed by atoms with van der Waals surface area (Å²) < 4.78 is 15.5. The molecule has 1 aromatic heterocycles. The molecule has 1 aromatic carbocycles. The molecule has 20 heavy (non-hydrogen) atoms. The monoisotopic (exact) mass is 275 g/mol. The lowest BCUT2D eigenvalue weighted by Gasteiger charge is -2.21. The quantitative estimate of drug-likeness (QED) is 0.877. The van der Waals surface area contributed by atoms with Crippen LogP contribution in [0.25, 0.3) is 0 Å². The molecular weight excluding hydrogens is 253 g/mol.